The summed E-state index contributed by atoms with van der Waals surface area (Å²) in [5.41, 5.74) is 3.06. The van der Waals surface area contributed by atoms with E-state index in [2.05, 4.69) is 15.5 Å². The second-order valence-electron chi connectivity index (χ2n) is 7.74. The maximum atomic E-state index is 13.1. The van der Waals surface area contributed by atoms with Gasteiger partial charge in [0.2, 0.25) is 0 Å². The van der Waals surface area contributed by atoms with Crippen molar-refractivity contribution in [2.24, 2.45) is 0 Å². The number of nitrogens with one attached hydrogen (secondary N) is 2. The lowest BCUT2D eigenvalue weighted by molar-refractivity contribution is -0.118. The largest absolute Gasteiger partial charge is 0.484 e. The lowest BCUT2D eigenvalue weighted by atomic mass is 10.1. The average Bonchev–Trinajstić information content (AvgIpc) is 3.37. The minimum absolute atomic E-state index is 0.104. The van der Waals surface area contributed by atoms with Gasteiger partial charge in [-0.3, -0.25) is 9.59 Å². The fraction of sp³-hybridized carbons (Fsp3) is 0.231. The minimum Gasteiger partial charge on any atom is -0.484 e. The number of carbonyl (C=O) groups is 2. The van der Waals surface area contributed by atoms with E-state index in [1.807, 2.05) is 60.7 Å². The highest BCUT2D eigenvalue weighted by molar-refractivity contribution is 6.02. The Kier molecular flexibility index (Phi) is 7.02. The Bertz CT molecular complexity index is 1050. The molecule has 2 amide bonds. The van der Waals surface area contributed by atoms with Crippen molar-refractivity contribution in [2.75, 3.05) is 29.9 Å². The van der Waals surface area contributed by atoms with Crippen molar-refractivity contribution < 1.29 is 14.3 Å². The van der Waals surface area contributed by atoms with E-state index in [0.29, 0.717) is 23.5 Å². The van der Waals surface area contributed by atoms with Crippen molar-refractivity contribution in [3.8, 4) is 5.75 Å². The van der Waals surface area contributed by atoms with Gasteiger partial charge in [0.05, 0.1) is 5.56 Å². The summed E-state index contributed by atoms with van der Waals surface area (Å²) in [5, 5.41) is 5.84. The number of benzene rings is 3. The van der Waals surface area contributed by atoms with E-state index in [9.17, 15) is 9.59 Å². The van der Waals surface area contributed by atoms with Gasteiger partial charge >= 0.3 is 0 Å². The number of carbonyl (C=O) groups excluding carboxylic acids is 2. The van der Waals surface area contributed by atoms with Crippen LogP contribution in [0.3, 0.4) is 0 Å². The molecule has 3 aromatic rings. The molecule has 3 aromatic carbocycles. The van der Waals surface area contributed by atoms with E-state index in [4.69, 9.17) is 4.74 Å². The number of hydrogen-bond donors (Lipinski definition) is 2. The van der Waals surface area contributed by atoms with Crippen LogP contribution in [0.15, 0.2) is 78.9 Å². The average molecular weight is 430 g/mol. The Balaban J connectivity index is 1.46. The van der Waals surface area contributed by atoms with E-state index in [0.717, 1.165) is 37.2 Å². The number of ether oxygens (including phenoxy) is 1. The fourth-order valence-electron chi connectivity index (χ4n) is 3.77. The molecule has 0 saturated carbocycles. The quantitative estimate of drug-likeness (QED) is 0.562. The van der Waals surface area contributed by atoms with Gasteiger partial charge in [0.15, 0.2) is 6.61 Å². The molecule has 0 unspecified atom stereocenters. The number of para-hydroxylation sites is 1. The van der Waals surface area contributed by atoms with Crippen LogP contribution >= 0.6 is 0 Å². The summed E-state index contributed by atoms with van der Waals surface area (Å²) >= 11 is 0. The monoisotopic (exact) mass is 429 g/mol. The molecule has 6 heteroatoms. The van der Waals surface area contributed by atoms with Crippen molar-refractivity contribution in [3.05, 3.63) is 90.0 Å². The second-order valence-corrected chi connectivity index (χ2v) is 7.74. The predicted octanol–water partition coefficient (Wildman–Crippen LogP) is 4.23. The number of anilines is 2. The summed E-state index contributed by atoms with van der Waals surface area (Å²) in [6.45, 7) is 2.19. The van der Waals surface area contributed by atoms with Gasteiger partial charge in [-0.2, -0.15) is 0 Å². The molecule has 0 spiro atoms. The van der Waals surface area contributed by atoms with Gasteiger partial charge < -0.3 is 20.3 Å². The fourth-order valence-corrected chi connectivity index (χ4v) is 3.77. The molecule has 32 heavy (non-hydrogen) atoms. The number of amides is 2. The van der Waals surface area contributed by atoms with E-state index < -0.39 is 0 Å². The molecule has 0 aromatic heterocycles. The number of rotatable bonds is 8. The Morgan fingerprint density at radius 1 is 0.875 bits per heavy atom. The zero-order chi connectivity index (χ0) is 22.2. The molecule has 0 aliphatic carbocycles. The van der Waals surface area contributed by atoms with Crippen molar-refractivity contribution >= 4 is 23.2 Å². The first-order chi connectivity index (χ1) is 15.7. The van der Waals surface area contributed by atoms with Crippen molar-refractivity contribution in [1.82, 2.24) is 5.32 Å². The van der Waals surface area contributed by atoms with E-state index in [1.165, 1.54) is 0 Å². The third-order valence-electron chi connectivity index (χ3n) is 5.38. The summed E-state index contributed by atoms with van der Waals surface area (Å²) in [4.78, 5) is 27.7. The lowest BCUT2D eigenvalue weighted by Gasteiger charge is -2.22. The zero-order valence-electron chi connectivity index (χ0n) is 17.9. The highest BCUT2D eigenvalue weighted by atomic mass is 16.5. The maximum absolute atomic E-state index is 13.1. The Morgan fingerprint density at radius 3 is 2.28 bits per heavy atom. The summed E-state index contributed by atoms with van der Waals surface area (Å²) < 4.78 is 5.51. The highest BCUT2D eigenvalue weighted by Gasteiger charge is 2.20. The van der Waals surface area contributed by atoms with Crippen LogP contribution in [-0.2, 0) is 11.3 Å². The highest BCUT2D eigenvalue weighted by Crippen LogP contribution is 2.27. The number of hydrogen-bond acceptors (Lipinski definition) is 4. The maximum Gasteiger partial charge on any atom is 0.262 e. The SMILES string of the molecule is O=C(COc1ccccc1)Nc1ccc(N2CCCC2)c(C(=O)NCc2ccccc2)c1. The van der Waals surface area contributed by atoms with Crippen LogP contribution in [0, 0.1) is 0 Å². The summed E-state index contributed by atoms with van der Waals surface area (Å²) in [7, 11) is 0. The van der Waals surface area contributed by atoms with E-state index in [-0.39, 0.29) is 18.4 Å². The minimum atomic E-state index is -0.279. The zero-order valence-corrected chi connectivity index (χ0v) is 17.9. The first kappa shape index (κ1) is 21.4. The van der Waals surface area contributed by atoms with Crippen LogP contribution in [0.4, 0.5) is 11.4 Å². The third-order valence-corrected chi connectivity index (χ3v) is 5.38. The topological polar surface area (TPSA) is 70.7 Å². The van der Waals surface area contributed by atoms with Crippen LogP contribution in [0.5, 0.6) is 5.75 Å². The summed E-state index contributed by atoms with van der Waals surface area (Å²) in [6.07, 6.45) is 2.22. The van der Waals surface area contributed by atoms with Gasteiger partial charge in [-0.15, -0.1) is 0 Å². The Morgan fingerprint density at radius 2 is 1.56 bits per heavy atom. The molecule has 1 saturated heterocycles. The van der Waals surface area contributed by atoms with Crippen LogP contribution in [0.2, 0.25) is 0 Å². The van der Waals surface area contributed by atoms with Crippen molar-refractivity contribution in [3.63, 3.8) is 0 Å². The van der Waals surface area contributed by atoms with Crippen molar-refractivity contribution in [2.45, 2.75) is 19.4 Å². The molecular weight excluding hydrogens is 402 g/mol. The Labute approximate surface area is 188 Å². The van der Waals surface area contributed by atoms with Crippen LogP contribution in [-0.4, -0.2) is 31.5 Å². The summed E-state index contributed by atoms with van der Waals surface area (Å²) in [5.74, 6) is 0.193. The first-order valence-corrected chi connectivity index (χ1v) is 10.9. The van der Waals surface area contributed by atoms with E-state index >= 15 is 0 Å². The molecule has 0 bridgehead atoms. The van der Waals surface area contributed by atoms with Gasteiger partial charge in [0, 0.05) is 31.0 Å². The van der Waals surface area contributed by atoms with Crippen molar-refractivity contribution in [1.29, 1.82) is 0 Å². The molecule has 1 fully saturated rings. The molecule has 0 radical (unpaired) electrons. The van der Waals surface area contributed by atoms with Gasteiger partial charge in [-0.25, -0.2) is 0 Å². The smallest absolute Gasteiger partial charge is 0.262 e. The van der Waals surface area contributed by atoms with Gasteiger partial charge in [-0.05, 0) is 48.7 Å². The molecule has 2 N–H and O–H groups in total. The number of nitrogens with zero attached hydrogens (tertiary/aromatic N) is 1. The van der Waals surface area contributed by atoms with Crippen LogP contribution < -0.4 is 20.3 Å². The molecule has 1 heterocycles. The van der Waals surface area contributed by atoms with Gasteiger partial charge in [0.1, 0.15) is 5.75 Å². The molecule has 0 atom stereocenters. The normalized spacial score (nSPS) is 12.9. The van der Waals surface area contributed by atoms with Gasteiger partial charge in [-0.1, -0.05) is 48.5 Å². The first-order valence-electron chi connectivity index (χ1n) is 10.9. The van der Waals surface area contributed by atoms with Gasteiger partial charge in [0.25, 0.3) is 11.8 Å². The molecule has 6 nitrogen and oxygen atoms in total. The standard InChI is InChI=1S/C26H27N3O3/c30-25(19-32-22-11-5-2-6-12-22)28-21-13-14-24(29-15-7-8-16-29)23(17-21)26(31)27-18-20-9-3-1-4-10-20/h1-6,9-14,17H,7-8,15-16,18-19H2,(H,27,31)(H,28,30). The van der Waals surface area contributed by atoms with Crippen LogP contribution in [0.1, 0.15) is 28.8 Å². The lowest BCUT2D eigenvalue weighted by Crippen LogP contribution is -2.27. The Hall–Kier alpha value is -3.80. The molecular formula is C26H27N3O3. The predicted molar refractivity (Wildman–Crippen MR) is 126 cm³/mol. The molecule has 1 aliphatic heterocycles. The summed E-state index contributed by atoms with van der Waals surface area (Å²) in [6, 6.07) is 24.5. The molecule has 1 aliphatic rings. The molecule has 4 rings (SSSR count). The van der Waals surface area contributed by atoms with E-state index in [1.54, 1.807) is 18.2 Å². The second kappa shape index (κ2) is 10.5. The van der Waals surface area contributed by atoms with Crippen LogP contribution in [0.25, 0.3) is 0 Å². The third kappa shape index (κ3) is 5.66. The molecule has 164 valence electrons.